The number of ether oxygens (including phenoxy) is 2. The highest BCUT2D eigenvalue weighted by atomic mass is 32.1. The Labute approximate surface area is 169 Å². The first-order chi connectivity index (χ1) is 13.7. The van der Waals surface area contributed by atoms with E-state index < -0.39 is 0 Å². The summed E-state index contributed by atoms with van der Waals surface area (Å²) in [5.41, 5.74) is 1.93. The highest BCUT2D eigenvalue weighted by Crippen LogP contribution is 2.26. The first kappa shape index (κ1) is 18.2. The molecule has 0 atom stereocenters. The van der Waals surface area contributed by atoms with E-state index in [4.69, 9.17) is 9.47 Å². The molecule has 0 saturated carbocycles. The van der Waals surface area contributed by atoms with Crippen LogP contribution in [-0.2, 0) is 0 Å². The quantitative estimate of drug-likeness (QED) is 0.305. The van der Waals surface area contributed by atoms with E-state index in [2.05, 4.69) is 0 Å². The Morgan fingerprint density at radius 1 is 0.571 bits per heavy atom. The van der Waals surface area contributed by atoms with Crippen molar-refractivity contribution in [1.29, 1.82) is 0 Å². The summed E-state index contributed by atoms with van der Waals surface area (Å²) in [5.74, 6) is 0.256. The second-order valence-electron chi connectivity index (χ2n) is 5.78. The van der Waals surface area contributed by atoms with E-state index in [1.54, 1.807) is 36.4 Å². The molecule has 0 saturated heterocycles. The number of hydrogen-bond acceptors (Lipinski definition) is 6. The Hall–Kier alpha value is -3.22. The van der Waals surface area contributed by atoms with Crippen LogP contribution in [0, 0.1) is 0 Å². The summed E-state index contributed by atoms with van der Waals surface area (Å²) < 4.78 is 10.7. The van der Waals surface area contributed by atoms with Crippen molar-refractivity contribution >= 4 is 34.6 Å². The van der Waals surface area contributed by atoms with Crippen LogP contribution in [0.15, 0.2) is 83.6 Å². The maximum Gasteiger partial charge on any atom is 0.353 e. The highest BCUT2D eigenvalue weighted by Gasteiger charge is 2.11. The molecule has 0 spiro atoms. The average Bonchev–Trinajstić information content (AvgIpc) is 3.43. The third-order valence-corrected chi connectivity index (χ3v) is 5.61. The zero-order valence-electron chi connectivity index (χ0n) is 14.5. The maximum absolute atomic E-state index is 12.0. The molecule has 0 amide bonds. The molecule has 0 N–H and O–H groups in total. The van der Waals surface area contributed by atoms with Gasteiger partial charge in [0, 0.05) is 0 Å². The van der Waals surface area contributed by atoms with Crippen LogP contribution in [0.1, 0.15) is 19.3 Å². The van der Waals surface area contributed by atoms with E-state index in [0.717, 1.165) is 11.1 Å². The molecule has 2 aromatic heterocycles. The van der Waals surface area contributed by atoms with E-state index in [1.807, 2.05) is 47.2 Å². The van der Waals surface area contributed by atoms with Crippen LogP contribution in [0.4, 0.5) is 0 Å². The Kier molecular flexibility index (Phi) is 5.32. The van der Waals surface area contributed by atoms with Crippen molar-refractivity contribution in [3.8, 4) is 22.6 Å². The minimum atomic E-state index is -0.361. The molecular weight excluding hydrogens is 392 g/mol. The van der Waals surface area contributed by atoms with Gasteiger partial charge < -0.3 is 9.47 Å². The van der Waals surface area contributed by atoms with Crippen LogP contribution < -0.4 is 9.47 Å². The minimum absolute atomic E-state index is 0.361. The van der Waals surface area contributed by atoms with Crippen LogP contribution in [0.5, 0.6) is 11.5 Å². The van der Waals surface area contributed by atoms with Crippen molar-refractivity contribution in [1.82, 2.24) is 0 Å². The number of thiophene rings is 2. The summed E-state index contributed by atoms with van der Waals surface area (Å²) in [5, 5.41) is 3.67. The van der Waals surface area contributed by atoms with E-state index >= 15 is 0 Å². The predicted octanol–water partition coefficient (Wildman–Crippen LogP) is 5.92. The lowest BCUT2D eigenvalue weighted by Crippen LogP contribution is -2.06. The molecule has 138 valence electrons. The highest BCUT2D eigenvalue weighted by molar-refractivity contribution is 7.12. The number of benzene rings is 2. The molecule has 4 rings (SSSR count). The second-order valence-corrected chi connectivity index (χ2v) is 7.68. The van der Waals surface area contributed by atoms with Crippen LogP contribution >= 0.6 is 22.7 Å². The number of carbonyl (C=O) groups excluding carboxylic acids is 2. The Morgan fingerprint density at radius 3 is 1.29 bits per heavy atom. The van der Waals surface area contributed by atoms with Gasteiger partial charge in [-0.3, -0.25) is 0 Å². The molecule has 0 radical (unpaired) electrons. The molecule has 6 heteroatoms. The third kappa shape index (κ3) is 4.19. The van der Waals surface area contributed by atoms with Gasteiger partial charge in [-0.25, -0.2) is 9.59 Å². The maximum atomic E-state index is 12.0. The van der Waals surface area contributed by atoms with Crippen molar-refractivity contribution in [2.24, 2.45) is 0 Å². The van der Waals surface area contributed by atoms with Crippen molar-refractivity contribution in [2.75, 3.05) is 0 Å². The number of esters is 2. The van der Waals surface area contributed by atoms with Crippen LogP contribution in [0.3, 0.4) is 0 Å². The number of carbonyl (C=O) groups is 2. The van der Waals surface area contributed by atoms with Crippen molar-refractivity contribution in [3.05, 3.63) is 93.3 Å². The molecule has 4 nitrogen and oxygen atoms in total. The van der Waals surface area contributed by atoms with Crippen LogP contribution in [0.2, 0.25) is 0 Å². The standard InChI is InChI=1S/C22H14O4S2/c23-21(19-3-1-13-27-19)25-17-9-5-15(6-10-17)16-7-11-18(12-8-16)26-22(24)20-4-2-14-28-20/h1-14H. The lowest BCUT2D eigenvalue weighted by molar-refractivity contribution is 0.0730. The van der Waals surface area contributed by atoms with Gasteiger partial charge in [-0.05, 0) is 58.3 Å². The molecule has 2 heterocycles. The molecule has 0 bridgehead atoms. The molecule has 0 aliphatic heterocycles. The van der Waals surface area contributed by atoms with Gasteiger partial charge in [-0.2, -0.15) is 0 Å². The normalized spacial score (nSPS) is 10.4. The first-order valence-electron chi connectivity index (χ1n) is 8.41. The largest absolute Gasteiger partial charge is 0.422 e. The SMILES string of the molecule is O=C(Oc1ccc(-c2ccc(OC(=O)c3cccs3)cc2)cc1)c1cccs1. The summed E-state index contributed by atoms with van der Waals surface area (Å²) in [6.07, 6.45) is 0. The molecule has 28 heavy (non-hydrogen) atoms. The van der Waals surface area contributed by atoms with Crippen LogP contribution in [-0.4, -0.2) is 11.9 Å². The predicted molar refractivity (Wildman–Crippen MR) is 110 cm³/mol. The monoisotopic (exact) mass is 406 g/mol. The Morgan fingerprint density at radius 2 is 0.964 bits per heavy atom. The third-order valence-electron chi connectivity index (χ3n) is 3.91. The van der Waals surface area contributed by atoms with E-state index in [1.165, 1.54) is 22.7 Å². The van der Waals surface area contributed by atoms with E-state index in [-0.39, 0.29) is 11.9 Å². The topological polar surface area (TPSA) is 52.6 Å². The Bertz CT molecular complexity index is 975. The molecule has 0 aliphatic rings. The van der Waals surface area contributed by atoms with Gasteiger partial charge in [0.1, 0.15) is 21.3 Å². The molecule has 2 aromatic carbocycles. The summed E-state index contributed by atoms with van der Waals surface area (Å²) >= 11 is 2.69. The lowest BCUT2D eigenvalue weighted by Gasteiger charge is -2.07. The van der Waals surface area contributed by atoms with Gasteiger partial charge in [0.05, 0.1) is 0 Å². The number of rotatable bonds is 5. The fourth-order valence-electron chi connectivity index (χ4n) is 2.53. The average molecular weight is 406 g/mol. The van der Waals surface area contributed by atoms with Crippen molar-refractivity contribution in [3.63, 3.8) is 0 Å². The van der Waals surface area contributed by atoms with Crippen molar-refractivity contribution in [2.45, 2.75) is 0 Å². The molecule has 0 unspecified atom stereocenters. The zero-order chi connectivity index (χ0) is 19.3. The second kappa shape index (κ2) is 8.21. The zero-order valence-corrected chi connectivity index (χ0v) is 16.2. The van der Waals surface area contributed by atoms with Gasteiger partial charge in [-0.1, -0.05) is 36.4 Å². The molecule has 0 fully saturated rings. The summed E-state index contributed by atoms with van der Waals surface area (Å²) in [6, 6.07) is 21.6. The summed E-state index contributed by atoms with van der Waals surface area (Å²) in [4.78, 5) is 25.1. The fourth-order valence-corrected chi connectivity index (χ4v) is 3.73. The molecule has 0 aliphatic carbocycles. The molecule has 4 aromatic rings. The molecular formula is C22H14O4S2. The van der Waals surface area contributed by atoms with Gasteiger partial charge in [0.15, 0.2) is 0 Å². The van der Waals surface area contributed by atoms with Gasteiger partial charge in [-0.15, -0.1) is 22.7 Å². The fraction of sp³-hybridized carbons (Fsp3) is 0. The number of hydrogen-bond donors (Lipinski definition) is 0. The van der Waals surface area contributed by atoms with Gasteiger partial charge in [0.25, 0.3) is 0 Å². The van der Waals surface area contributed by atoms with E-state index in [0.29, 0.717) is 21.3 Å². The lowest BCUT2D eigenvalue weighted by atomic mass is 10.1. The summed E-state index contributed by atoms with van der Waals surface area (Å²) in [7, 11) is 0. The van der Waals surface area contributed by atoms with Gasteiger partial charge >= 0.3 is 11.9 Å². The Balaban J connectivity index is 1.41. The minimum Gasteiger partial charge on any atom is -0.422 e. The summed E-state index contributed by atoms with van der Waals surface area (Å²) in [6.45, 7) is 0. The van der Waals surface area contributed by atoms with E-state index in [9.17, 15) is 9.59 Å². The smallest absolute Gasteiger partial charge is 0.353 e. The van der Waals surface area contributed by atoms with Crippen molar-refractivity contribution < 1.29 is 19.1 Å². The van der Waals surface area contributed by atoms with Crippen LogP contribution in [0.25, 0.3) is 11.1 Å². The van der Waals surface area contributed by atoms with Gasteiger partial charge in [0.2, 0.25) is 0 Å². The first-order valence-corrected chi connectivity index (χ1v) is 10.2.